The Morgan fingerprint density at radius 3 is 2.57 bits per heavy atom. The summed E-state index contributed by atoms with van der Waals surface area (Å²) in [6.45, 7) is 6.93. The zero-order valence-electron chi connectivity index (χ0n) is 12.9. The van der Waals surface area contributed by atoms with Gasteiger partial charge in [-0.25, -0.2) is 4.79 Å². The average molecular weight is 289 g/mol. The molecule has 1 amide bonds. The van der Waals surface area contributed by atoms with Gasteiger partial charge in [-0.05, 0) is 17.4 Å². The second kappa shape index (κ2) is 5.88. The molecule has 1 aliphatic carbocycles. The Morgan fingerprint density at radius 2 is 2.05 bits per heavy atom. The van der Waals surface area contributed by atoms with Crippen molar-refractivity contribution < 1.29 is 14.3 Å². The molecule has 4 nitrogen and oxygen atoms in total. The number of hydrogen-bond acceptors (Lipinski definition) is 3. The molecule has 114 valence electrons. The molecule has 2 rings (SSSR count). The standard InChI is InChI=1S/C17H23NO3/c1-16(2,3)11-18-15(20)21-12-17(9-14(17)10-19)13-7-5-4-6-8-13/h4-8,10,14H,9,11-12H2,1-3H3,(H,18,20)/t14-,17+/m1/s1. The Morgan fingerprint density at radius 1 is 1.38 bits per heavy atom. The molecule has 0 radical (unpaired) electrons. The van der Waals surface area contributed by atoms with E-state index in [2.05, 4.69) is 5.32 Å². The number of aldehydes is 1. The van der Waals surface area contributed by atoms with Crippen molar-refractivity contribution in [3.05, 3.63) is 35.9 Å². The summed E-state index contributed by atoms with van der Waals surface area (Å²) in [5.41, 5.74) is 0.745. The fraction of sp³-hybridized carbons (Fsp3) is 0.529. The molecule has 1 saturated carbocycles. The zero-order valence-corrected chi connectivity index (χ0v) is 12.9. The van der Waals surface area contributed by atoms with Crippen molar-refractivity contribution in [2.24, 2.45) is 11.3 Å². The van der Waals surface area contributed by atoms with E-state index in [1.165, 1.54) is 0 Å². The van der Waals surface area contributed by atoms with Crippen LogP contribution in [-0.2, 0) is 14.9 Å². The summed E-state index contributed by atoms with van der Waals surface area (Å²) < 4.78 is 5.34. The molecule has 0 aliphatic heterocycles. The van der Waals surface area contributed by atoms with Crippen LogP contribution < -0.4 is 5.32 Å². The molecule has 1 fully saturated rings. The van der Waals surface area contributed by atoms with Gasteiger partial charge in [-0.1, -0.05) is 51.1 Å². The molecule has 21 heavy (non-hydrogen) atoms. The Balaban J connectivity index is 1.94. The minimum atomic E-state index is -0.420. The number of hydrogen-bond donors (Lipinski definition) is 1. The van der Waals surface area contributed by atoms with E-state index in [0.717, 1.165) is 18.3 Å². The monoisotopic (exact) mass is 289 g/mol. The maximum absolute atomic E-state index is 11.8. The van der Waals surface area contributed by atoms with Crippen molar-refractivity contribution >= 4 is 12.4 Å². The van der Waals surface area contributed by atoms with E-state index in [0.29, 0.717) is 6.54 Å². The molecule has 1 aromatic carbocycles. The van der Waals surface area contributed by atoms with Crippen LogP contribution in [0.4, 0.5) is 4.79 Å². The van der Waals surface area contributed by atoms with Crippen LogP contribution in [0.3, 0.4) is 0 Å². The smallest absolute Gasteiger partial charge is 0.407 e. The van der Waals surface area contributed by atoms with Crippen LogP contribution in [0.15, 0.2) is 30.3 Å². The van der Waals surface area contributed by atoms with E-state index >= 15 is 0 Å². The molecule has 2 atom stereocenters. The molecule has 1 aromatic rings. The third-order valence-corrected chi connectivity index (χ3v) is 3.87. The Kier molecular flexibility index (Phi) is 4.35. The lowest BCUT2D eigenvalue weighted by Gasteiger charge is -2.20. The summed E-state index contributed by atoms with van der Waals surface area (Å²) in [5, 5.41) is 2.76. The Labute approximate surface area is 125 Å². The van der Waals surface area contributed by atoms with Crippen LogP contribution in [0.5, 0.6) is 0 Å². The topological polar surface area (TPSA) is 55.4 Å². The third kappa shape index (κ3) is 3.84. The van der Waals surface area contributed by atoms with Gasteiger partial charge in [0.2, 0.25) is 0 Å². The van der Waals surface area contributed by atoms with Crippen LogP contribution >= 0.6 is 0 Å². The quantitative estimate of drug-likeness (QED) is 0.848. The number of benzene rings is 1. The maximum atomic E-state index is 11.8. The highest BCUT2D eigenvalue weighted by Crippen LogP contribution is 2.53. The van der Waals surface area contributed by atoms with Gasteiger partial charge in [-0.3, -0.25) is 0 Å². The van der Waals surface area contributed by atoms with Gasteiger partial charge in [-0.2, -0.15) is 0 Å². The Hall–Kier alpha value is -1.84. The summed E-state index contributed by atoms with van der Waals surface area (Å²) in [4.78, 5) is 22.9. The summed E-state index contributed by atoms with van der Waals surface area (Å²) in [5.74, 6) is -0.0599. The van der Waals surface area contributed by atoms with Crippen LogP contribution in [0.1, 0.15) is 32.8 Å². The SMILES string of the molecule is CC(C)(C)CNC(=O)OC[C@]1(c2ccccc2)C[C@@H]1C=O. The van der Waals surface area contributed by atoms with Gasteiger partial charge in [0.15, 0.2) is 0 Å². The van der Waals surface area contributed by atoms with Crippen molar-refractivity contribution in [1.29, 1.82) is 0 Å². The molecular formula is C17H23NO3. The summed E-state index contributed by atoms with van der Waals surface area (Å²) in [6.07, 6.45) is 1.29. The minimum absolute atomic E-state index is 0.0149. The normalized spacial score (nSPS) is 24.2. The van der Waals surface area contributed by atoms with E-state index < -0.39 is 6.09 Å². The van der Waals surface area contributed by atoms with E-state index in [1.54, 1.807) is 0 Å². The minimum Gasteiger partial charge on any atom is -0.449 e. The van der Waals surface area contributed by atoms with Gasteiger partial charge >= 0.3 is 6.09 Å². The van der Waals surface area contributed by atoms with E-state index in [-0.39, 0.29) is 23.4 Å². The summed E-state index contributed by atoms with van der Waals surface area (Å²) in [6, 6.07) is 9.79. The molecule has 1 aliphatic rings. The number of nitrogens with one attached hydrogen (secondary N) is 1. The van der Waals surface area contributed by atoms with Gasteiger partial charge in [-0.15, -0.1) is 0 Å². The molecule has 0 saturated heterocycles. The van der Waals surface area contributed by atoms with Crippen molar-refractivity contribution in [2.45, 2.75) is 32.6 Å². The van der Waals surface area contributed by atoms with Crippen molar-refractivity contribution in [1.82, 2.24) is 5.32 Å². The van der Waals surface area contributed by atoms with Crippen LogP contribution in [0.25, 0.3) is 0 Å². The summed E-state index contributed by atoms with van der Waals surface area (Å²) in [7, 11) is 0. The van der Waals surface area contributed by atoms with Gasteiger partial charge in [0.1, 0.15) is 12.9 Å². The molecule has 1 N–H and O–H groups in total. The number of alkyl carbamates (subject to hydrolysis) is 1. The molecule has 4 heteroatoms. The molecule has 0 spiro atoms. The van der Waals surface area contributed by atoms with E-state index in [4.69, 9.17) is 4.74 Å². The second-order valence-corrected chi connectivity index (χ2v) is 6.96. The molecule has 0 aromatic heterocycles. The predicted molar refractivity (Wildman–Crippen MR) is 81.1 cm³/mol. The summed E-state index contributed by atoms with van der Waals surface area (Å²) >= 11 is 0. The fourth-order valence-corrected chi connectivity index (χ4v) is 2.45. The predicted octanol–water partition coefficient (Wildman–Crippen LogP) is 2.92. The van der Waals surface area contributed by atoms with Crippen molar-refractivity contribution in [3.8, 4) is 0 Å². The van der Waals surface area contributed by atoms with E-state index in [1.807, 2.05) is 51.1 Å². The second-order valence-electron chi connectivity index (χ2n) is 6.96. The molecule has 0 unspecified atom stereocenters. The van der Waals surface area contributed by atoms with Crippen molar-refractivity contribution in [3.63, 3.8) is 0 Å². The van der Waals surface area contributed by atoms with Crippen LogP contribution in [-0.4, -0.2) is 25.5 Å². The highest BCUT2D eigenvalue weighted by Gasteiger charge is 2.56. The molecule has 0 bridgehead atoms. The third-order valence-electron chi connectivity index (χ3n) is 3.87. The van der Waals surface area contributed by atoms with E-state index in [9.17, 15) is 9.59 Å². The highest BCUT2D eigenvalue weighted by molar-refractivity contribution is 5.68. The van der Waals surface area contributed by atoms with Crippen molar-refractivity contribution in [2.75, 3.05) is 13.2 Å². The lowest BCUT2D eigenvalue weighted by molar-refractivity contribution is -0.109. The maximum Gasteiger partial charge on any atom is 0.407 e. The van der Waals surface area contributed by atoms with Gasteiger partial charge in [0, 0.05) is 17.9 Å². The first-order chi connectivity index (χ1) is 9.87. The average Bonchev–Trinajstić information content (AvgIpc) is 3.18. The lowest BCUT2D eigenvalue weighted by Crippen LogP contribution is -2.34. The van der Waals surface area contributed by atoms with Gasteiger partial charge in [0.25, 0.3) is 0 Å². The largest absolute Gasteiger partial charge is 0.449 e. The van der Waals surface area contributed by atoms with Gasteiger partial charge in [0.05, 0.1) is 0 Å². The van der Waals surface area contributed by atoms with Crippen LogP contribution in [0.2, 0.25) is 0 Å². The Bertz CT molecular complexity index is 507. The first-order valence-corrected chi connectivity index (χ1v) is 7.29. The molecule has 0 heterocycles. The number of carbonyl (C=O) groups is 2. The van der Waals surface area contributed by atoms with Crippen LogP contribution in [0, 0.1) is 11.3 Å². The first kappa shape index (κ1) is 15.5. The first-order valence-electron chi connectivity index (χ1n) is 7.29. The lowest BCUT2D eigenvalue weighted by atomic mass is 9.94. The number of ether oxygens (including phenoxy) is 1. The number of amides is 1. The zero-order chi connectivity index (χ0) is 15.5. The van der Waals surface area contributed by atoms with Gasteiger partial charge < -0.3 is 14.8 Å². The molecular weight excluding hydrogens is 266 g/mol. The number of rotatable bonds is 5. The highest BCUT2D eigenvalue weighted by atomic mass is 16.5. The number of carbonyl (C=O) groups excluding carboxylic acids is 2. The fourth-order valence-electron chi connectivity index (χ4n) is 2.45.